The van der Waals surface area contributed by atoms with Gasteiger partial charge in [-0.1, -0.05) is 20.8 Å². The van der Waals surface area contributed by atoms with E-state index in [1.54, 1.807) is 0 Å². The number of rotatable bonds is 4. The highest BCUT2D eigenvalue weighted by Crippen LogP contribution is 2.28. The minimum atomic E-state index is 0.147. The van der Waals surface area contributed by atoms with E-state index in [9.17, 15) is 0 Å². The second kappa shape index (κ2) is 6.13. The third kappa shape index (κ3) is 3.41. The highest BCUT2D eigenvalue weighted by Gasteiger charge is 2.22. The second-order valence-corrected chi connectivity index (χ2v) is 8.40. The molecule has 0 amide bonds. The van der Waals surface area contributed by atoms with Crippen molar-refractivity contribution in [2.24, 2.45) is 0 Å². The van der Waals surface area contributed by atoms with E-state index in [0.717, 1.165) is 25.3 Å². The van der Waals surface area contributed by atoms with Crippen LogP contribution >= 0.6 is 11.3 Å². The fourth-order valence-corrected chi connectivity index (χ4v) is 3.95. The molecule has 1 atom stereocenters. The van der Waals surface area contributed by atoms with Crippen molar-refractivity contribution in [1.82, 2.24) is 19.9 Å². The van der Waals surface area contributed by atoms with Crippen molar-refractivity contribution in [1.29, 1.82) is 0 Å². The zero-order chi connectivity index (χ0) is 15.7. The summed E-state index contributed by atoms with van der Waals surface area (Å²) in [4.78, 5) is 10.6. The number of nitrogens with one attached hydrogen (secondary N) is 1. The molecule has 1 N–H and O–H groups in total. The van der Waals surface area contributed by atoms with Crippen LogP contribution in [0.3, 0.4) is 0 Å². The third-order valence-corrected chi connectivity index (χ3v) is 5.55. The maximum Gasteiger partial charge on any atom is 0.113 e. The van der Waals surface area contributed by atoms with Gasteiger partial charge in [-0.25, -0.2) is 9.97 Å². The van der Waals surface area contributed by atoms with Crippen LogP contribution in [-0.4, -0.2) is 21.1 Å². The summed E-state index contributed by atoms with van der Waals surface area (Å²) in [6, 6.07) is 0. The first-order valence-electron chi connectivity index (χ1n) is 8.13. The van der Waals surface area contributed by atoms with E-state index in [-0.39, 0.29) is 5.41 Å². The van der Waals surface area contributed by atoms with Crippen molar-refractivity contribution < 1.29 is 0 Å². The summed E-state index contributed by atoms with van der Waals surface area (Å²) in [7, 11) is 0. The Kier molecular flexibility index (Phi) is 4.37. The maximum atomic E-state index is 4.71. The van der Waals surface area contributed by atoms with Gasteiger partial charge in [0.1, 0.15) is 5.82 Å². The van der Waals surface area contributed by atoms with Gasteiger partial charge in [-0.05, 0) is 19.8 Å². The van der Waals surface area contributed by atoms with Gasteiger partial charge in [0.2, 0.25) is 0 Å². The van der Waals surface area contributed by atoms with Crippen molar-refractivity contribution in [3.63, 3.8) is 0 Å². The molecule has 0 aromatic carbocycles. The number of aryl methyl sites for hydroxylation is 2. The molecular weight excluding hydrogens is 292 g/mol. The van der Waals surface area contributed by atoms with Gasteiger partial charge < -0.3 is 9.88 Å². The van der Waals surface area contributed by atoms with Crippen molar-refractivity contribution in [3.05, 3.63) is 33.8 Å². The number of thiazole rings is 1. The molecule has 3 rings (SSSR count). The van der Waals surface area contributed by atoms with Crippen LogP contribution in [0, 0.1) is 6.92 Å². The topological polar surface area (TPSA) is 42.7 Å². The number of hydrogen-bond acceptors (Lipinski definition) is 4. The minimum absolute atomic E-state index is 0.147. The third-order valence-electron chi connectivity index (χ3n) is 4.13. The molecular formula is C17H26N4S. The Labute approximate surface area is 137 Å². The predicted octanol–water partition coefficient (Wildman–Crippen LogP) is 3.61. The van der Waals surface area contributed by atoms with E-state index in [4.69, 9.17) is 4.98 Å². The van der Waals surface area contributed by atoms with Gasteiger partial charge in [-0.2, -0.15) is 0 Å². The van der Waals surface area contributed by atoms with Gasteiger partial charge in [-0.15, -0.1) is 11.3 Å². The van der Waals surface area contributed by atoms with E-state index in [1.807, 2.05) is 17.5 Å². The highest BCUT2D eigenvalue weighted by atomic mass is 32.1. The van der Waals surface area contributed by atoms with Gasteiger partial charge in [-0.3, -0.25) is 0 Å². The number of imidazole rings is 1. The lowest BCUT2D eigenvalue weighted by Crippen LogP contribution is -2.26. The van der Waals surface area contributed by atoms with Crippen LogP contribution in [0.15, 0.2) is 12.4 Å². The summed E-state index contributed by atoms with van der Waals surface area (Å²) in [5.41, 5.74) is 1.29. The molecule has 4 nitrogen and oxygen atoms in total. The van der Waals surface area contributed by atoms with Crippen molar-refractivity contribution in [3.8, 4) is 0 Å². The Morgan fingerprint density at radius 1 is 1.41 bits per heavy atom. The molecule has 120 valence electrons. The lowest BCUT2D eigenvalue weighted by atomic mass is 9.98. The summed E-state index contributed by atoms with van der Waals surface area (Å²) in [6.45, 7) is 11.8. The monoisotopic (exact) mass is 318 g/mol. The second-order valence-electron chi connectivity index (χ2n) is 7.29. The summed E-state index contributed by atoms with van der Waals surface area (Å²) < 4.78 is 2.33. The highest BCUT2D eigenvalue weighted by molar-refractivity contribution is 7.11. The van der Waals surface area contributed by atoms with E-state index in [2.05, 4.69) is 48.8 Å². The number of hydrogen-bond donors (Lipinski definition) is 1. The van der Waals surface area contributed by atoms with Crippen LogP contribution in [0.25, 0.3) is 0 Å². The fraction of sp³-hybridized carbons (Fsp3) is 0.647. The molecule has 0 saturated carbocycles. The molecule has 1 unspecified atom stereocenters. The van der Waals surface area contributed by atoms with E-state index in [1.165, 1.54) is 28.6 Å². The molecule has 5 heteroatoms. The van der Waals surface area contributed by atoms with Crippen molar-refractivity contribution >= 4 is 11.3 Å². The Balaban J connectivity index is 1.57. The van der Waals surface area contributed by atoms with Crippen LogP contribution in [0.4, 0.5) is 0 Å². The number of aromatic nitrogens is 3. The molecule has 0 fully saturated rings. The molecule has 0 bridgehead atoms. The summed E-state index contributed by atoms with van der Waals surface area (Å²) >= 11 is 1.82. The smallest absolute Gasteiger partial charge is 0.113 e. The fourth-order valence-electron chi connectivity index (χ4n) is 3.01. The minimum Gasteiger partial charge on any atom is -0.334 e. The zero-order valence-electron chi connectivity index (χ0n) is 14.0. The molecule has 0 saturated heterocycles. The summed E-state index contributed by atoms with van der Waals surface area (Å²) in [6.07, 6.45) is 6.69. The first kappa shape index (κ1) is 15.7. The first-order chi connectivity index (χ1) is 10.4. The molecule has 22 heavy (non-hydrogen) atoms. The normalized spacial score (nSPS) is 18.5. The lowest BCUT2D eigenvalue weighted by molar-refractivity contribution is 0.423. The summed E-state index contributed by atoms with van der Waals surface area (Å²) in [5.74, 6) is 1.80. The van der Waals surface area contributed by atoms with Gasteiger partial charge >= 0.3 is 0 Å². The average molecular weight is 318 g/mol. The Morgan fingerprint density at radius 2 is 2.23 bits per heavy atom. The number of nitrogens with zero attached hydrogens (tertiary/aromatic N) is 3. The van der Waals surface area contributed by atoms with Crippen LogP contribution in [0.5, 0.6) is 0 Å². The van der Waals surface area contributed by atoms with Gasteiger partial charge in [0.15, 0.2) is 0 Å². The quantitative estimate of drug-likeness (QED) is 0.936. The van der Waals surface area contributed by atoms with Crippen molar-refractivity contribution in [2.75, 3.05) is 6.54 Å². The van der Waals surface area contributed by atoms with Crippen LogP contribution in [0.2, 0.25) is 0 Å². The molecule has 1 aliphatic rings. The van der Waals surface area contributed by atoms with Crippen LogP contribution in [-0.2, 0) is 18.5 Å². The zero-order valence-corrected chi connectivity index (χ0v) is 14.8. The Morgan fingerprint density at radius 3 is 2.95 bits per heavy atom. The Hall–Kier alpha value is -1.20. The molecule has 1 aliphatic heterocycles. The molecule has 0 aliphatic carbocycles. The molecule has 0 spiro atoms. The predicted molar refractivity (Wildman–Crippen MR) is 91.5 cm³/mol. The van der Waals surface area contributed by atoms with Crippen LogP contribution in [0.1, 0.15) is 60.9 Å². The van der Waals surface area contributed by atoms with E-state index < -0.39 is 0 Å². The molecule has 2 aromatic rings. The number of fused-ring (bicyclic) bond motifs is 1. The SMILES string of the molecule is Cc1cn2c(n1)C(CNCc1cnc(C(C)(C)C)s1)CCC2. The van der Waals surface area contributed by atoms with Crippen molar-refractivity contribution in [2.45, 2.75) is 65.0 Å². The standard InChI is InChI=1S/C17H26N4S/c1-12-11-21-7-5-6-13(15(21)20-12)8-18-9-14-10-19-16(22-14)17(2,3)4/h10-11,13,18H,5-9H2,1-4H3. The van der Waals surface area contributed by atoms with Gasteiger partial charge in [0, 0.05) is 48.2 Å². The molecule has 2 aromatic heterocycles. The van der Waals surface area contributed by atoms with Gasteiger partial charge in [0.05, 0.1) is 10.7 Å². The Bertz CT molecular complexity index is 635. The van der Waals surface area contributed by atoms with Crippen LogP contribution < -0.4 is 5.32 Å². The summed E-state index contributed by atoms with van der Waals surface area (Å²) in [5, 5.41) is 4.82. The van der Waals surface area contributed by atoms with E-state index >= 15 is 0 Å². The average Bonchev–Trinajstić information content (AvgIpc) is 3.04. The molecule has 0 radical (unpaired) electrons. The molecule has 3 heterocycles. The first-order valence-corrected chi connectivity index (χ1v) is 8.94. The van der Waals surface area contributed by atoms with Gasteiger partial charge in [0.25, 0.3) is 0 Å². The largest absolute Gasteiger partial charge is 0.334 e. The van der Waals surface area contributed by atoms with E-state index in [0.29, 0.717) is 5.92 Å². The lowest BCUT2D eigenvalue weighted by Gasteiger charge is -2.23. The maximum absolute atomic E-state index is 4.71.